The average Bonchev–Trinajstić information content (AvgIpc) is 3.38. The van der Waals surface area contributed by atoms with Gasteiger partial charge >= 0.3 is 5.97 Å². The Labute approximate surface area is 271 Å². The summed E-state index contributed by atoms with van der Waals surface area (Å²) in [6.07, 6.45) is 1.87. The molecule has 45 heavy (non-hydrogen) atoms. The Morgan fingerprint density at radius 2 is 1.69 bits per heavy atom. The van der Waals surface area contributed by atoms with Gasteiger partial charge in [0, 0.05) is 48.7 Å². The van der Waals surface area contributed by atoms with E-state index >= 15 is 0 Å². The number of carbonyl (C=O) groups is 1. The highest BCUT2D eigenvalue weighted by molar-refractivity contribution is 7.22. The van der Waals surface area contributed by atoms with Crippen LogP contribution < -0.4 is 9.80 Å². The van der Waals surface area contributed by atoms with Gasteiger partial charge in [0.15, 0.2) is 11.2 Å². The predicted octanol–water partition coefficient (Wildman–Crippen LogP) is 8.41. The first-order chi connectivity index (χ1) is 21.2. The van der Waals surface area contributed by atoms with Crippen molar-refractivity contribution in [3.63, 3.8) is 0 Å². The van der Waals surface area contributed by atoms with Crippen molar-refractivity contribution >= 4 is 38.3 Å². The zero-order valence-electron chi connectivity index (χ0n) is 28.0. The molecule has 0 spiro atoms. The normalized spacial score (nSPS) is 17.4. The summed E-state index contributed by atoms with van der Waals surface area (Å²) in [5, 5.41) is 11.6. The van der Waals surface area contributed by atoms with Crippen molar-refractivity contribution in [2.24, 2.45) is 5.41 Å². The van der Waals surface area contributed by atoms with Crippen molar-refractivity contribution in [1.82, 2.24) is 9.97 Å². The van der Waals surface area contributed by atoms with Gasteiger partial charge in [-0.2, -0.15) is 0 Å². The van der Waals surface area contributed by atoms with Crippen molar-refractivity contribution in [2.45, 2.75) is 92.9 Å². The molecule has 2 aromatic heterocycles. The van der Waals surface area contributed by atoms with Crippen LogP contribution in [0.2, 0.25) is 0 Å². The molecule has 4 heterocycles. The minimum Gasteiger partial charge on any atom is -0.479 e. The van der Waals surface area contributed by atoms with E-state index in [2.05, 4.69) is 73.9 Å². The number of hydrogen-bond donors (Lipinski definition) is 1. The molecule has 2 aliphatic rings. The van der Waals surface area contributed by atoms with Gasteiger partial charge < -0.3 is 19.6 Å². The van der Waals surface area contributed by atoms with Crippen LogP contribution in [0.4, 0.5) is 10.8 Å². The van der Waals surface area contributed by atoms with E-state index in [9.17, 15) is 9.90 Å². The first-order valence-electron chi connectivity index (χ1n) is 16.1. The number of aliphatic carboxylic acids is 1. The van der Waals surface area contributed by atoms with Crippen LogP contribution in [-0.4, -0.2) is 46.3 Å². The second-order valence-electron chi connectivity index (χ2n) is 14.6. The number of benzene rings is 2. The number of nitrogens with zero attached hydrogens (tertiary/aromatic N) is 4. The lowest BCUT2D eigenvalue weighted by Gasteiger charge is -2.41. The lowest BCUT2D eigenvalue weighted by molar-refractivity contribution is -0.160. The first-order valence-corrected chi connectivity index (χ1v) is 16.9. The molecule has 2 aliphatic heterocycles. The van der Waals surface area contributed by atoms with E-state index in [0.717, 1.165) is 78.6 Å². The van der Waals surface area contributed by atoms with E-state index in [1.165, 1.54) is 21.4 Å². The molecule has 0 aliphatic carbocycles. The van der Waals surface area contributed by atoms with Crippen LogP contribution in [-0.2, 0) is 22.5 Å². The number of fused-ring (bicyclic) bond motifs is 2. The zero-order chi connectivity index (χ0) is 32.3. The molecule has 0 amide bonds. The number of carboxylic acid groups (broad SMARTS) is 1. The minimum absolute atomic E-state index is 0.252. The number of hydrogen-bond acceptors (Lipinski definition) is 7. The molecule has 1 fully saturated rings. The Morgan fingerprint density at radius 1 is 0.956 bits per heavy atom. The quantitative estimate of drug-likeness (QED) is 0.230. The summed E-state index contributed by atoms with van der Waals surface area (Å²) >= 11 is 1.76. The first kappa shape index (κ1) is 31.5. The van der Waals surface area contributed by atoms with Crippen molar-refractivity contribution < 1.29 is 14.6 Å². The largest absolute Gasteiger partial charge is 0.479 e. The van der Waals surface area contributed by atoms with Gasteiger partial charge in [-0.25, -0.2) is 9.78 Å². The van der Waals surface area contributed by atoms with Crippen molar-refractivity contribution in [1.29, 1.82) is 0 Å². The maximum atomic E-state index is 12.8. The Morgan fingerprint density at radius 3 is 2.38 bits per heavy atom. The molecule has 1 atom stereocenters. The van der Waals surface area contributed by atoms with Gasteiger partial charge in [0.25, 0.3) is 0 Å². The van der Waals surface area contributed by atoms with Crippen molar-refractivity contribution in [3.05, 3.63) is 70.0 Å². The summed E-state index contributed by atoms with van der Waals surface area (Å²) in [5.74, 6) is -0.987. The molecule has 1 saturated heterocycles. The molecule has 6 rings (SSSR count). The number of anilines is 2. The monoisotopic (exact) mass is 626 g/mol. The minimum atomic E-state index is -1.12. The van der Waals surface area contributed by atoms with Crippen LogP contribution in [0.5, 0.6) is 0 Å². The summed E-state index contributed by atoms with van der Waals surface area (Å²) in [4.78, 5) is 27.5. The maximum absolute atomic E-state index is 12.8. The molecule has 8 heteroatoms. The highest BCUT2D eigenvalue weighted by Gasteiger charge is 2.36. The number of pyridine rings is 1. The van der Waals surface area contributed by atoms with Crippen molar-refractivity contribution in [3.8, 4) is 11.1 Å². The van der Waals surface area contributed by atoms with Crippen LogP contribution >= 0.6 is 11.3 Å². The highest BCUT2D eigenvalue weighted by Crippen LogP contribution is 2.45. The van der Waals surface area contributed by atoms with Gasteiger partial charge in [-0.1, -0.05) is 49.4 Å². The SMILES string of the molecule is Cc1ccc2nc(N3CCc4cc(-c5c(C)nc(C)c([C@H](OC(C)(C)C)C(=O)O)c5N5CCC(C)(C)CC5)ccc4C3)sc2c1. The second-order valence-corrected chi connectivity index (χ2v) is 15.7. The van der Waals surface area contributed by atoms with Gasteiger partial charge in [0.2, 0.25) is 0 Å². The fourth-order valence-corrected chi connectivity index (χ4v) is 7.87. The summed E-state index contributed by atoms with van der Waals surface area (Å²) in [7, 11) is 0. The third-order valence-corrected chi connectivity index (χ3v) is 10.4. The van der Waals surface area contributed by atoms with Crippen LogP contribution in [0.25, 0.3) is 21.3 Å². The zero-order valence-corrected chi connectivity index (χ0v) is 28.8. The molecule has 0 saturated carbocycles. The smallest absolute Gasteiger partial charge is 0.337 e. The third-order valence-electron chi connectivity index (χ3n) is 9.28. The van der Waals surface area contributed by atoms with Gasteiger partial charge in [-0.15, -0.1) is 0 Å². The topological polar surface area (TPSA) is 78.8 Å². The van der Waals surface area contributed by atoms with Crippen LogP contribution in [0.1, 0.15) is 87.2 Å². The van der Waals surface area contributed by atoms with E-state index < -0.39 is 17.7 Å². The molecule has 2 aromatic carbocycles. The summed E-state index contributed by atoms with van der Waals surface area (Å²) in [6.45, 7) is 19.9. The Hall–Kier alpha value is -3.49. The summed E-state index contributed by atoms with van der Waals surface area (Å²) < 4.78 is 7.49. The van der Waals surface area contributed by atoms with E-state index in [0.29, 0.717) is 11.3 Å². The maximum Gasteiger partial charge on any atom is 0.337 e. The van der Waals surface area contributed by atoms with E-state index in [1.54, 1.807) is 11.3 Å². The fraction of sp³-hybridized carbons (Fsp3) is 0.486. The Bertz CT molecular complexity index is 1760. The summed E-state index contributed by atoms with van der Waals surface area (Å²) in [6, 6.07) is 13.2. The van der Waals surface area contributed by atoms with Crippen LogP contribution in [0.3, 0.4) is 0 Å². The average molecular weight is 627 g/mol. The number of aromatic nitrogens is 2. The van der Waals surface area contributed by atoms with E-state index in [1.807, 2.05) is 27.7 Å². The number of carboxylic acids is 1. The lowest BCUT2D eigenvalue weighted by atomic mass is 9.81. The third kappa shape index (κ3) is 6.45. The molecule has 4 aromatic rings. The molecule has 0 unspecified atom stereocenters. The number of aryl methyl sites for hydroxylation is 3. The second kappa shape index (κ2) is 11.7. The molecule has 1 N–H and O–H groups in total. The lowest BCUT2D eigenvalue weighted by Crippen LogP contribution is -2.39. The molecular formula is C37H46N4O3S. The summed E-state index contributed by atoms with van der Waals surface area (Å²) in [5.41, 5.74) is 9.94. The Kier molecular flexibility index (Phi) is 8.19. The number of ether oxygens (including phenoxy) is 1. The van der Waals surface area contributed by atoms with Crippen LogP contribution in [0, 0.1) is 26.2 Å². The molecule has 7 nitrogen and oxygen atoms in total. The molecule has 0 radical (unpaired) electrons. The molecule has 0 bridgehead atoms. The Balaban J connectivity index is 1.42. The van der Waals surface area contributed by atoms with E-state index in [4.69, 9.17) is 14.7 Å². The molecule has 238 valence electrons. The number of piperidine rings is 1. The fourth-order valence-electron chi connectivity index (χ4n) is 6.78. The van der Waals surface area contributed by atoms with Gasteiger partial charge in [0.1, 0.15) is 0 Å². The predicted molar refractivity (Wildman–Crippen MR) is 185 cm³/mol. The van der Waals surface area contributed by atoms with Gasteiger partial charge in [0.05, 0.1) is 21.5 Å². The van der Waals surface area contributed by atoms with Crippen molar-refractivity contribution in [2.75, 3.05) is 29.4 Å². The van der Waals surface area contributed by atoms with Gasteiger partial charge in [-0.3, -0.25) is 4.98 Å². The van der Waals surface area contributed by atoms with Crippen LogP contribution in [0.15, 0.2) is 36.4 Å². The molecular weight excluding hydrogens is 580 g/mol. The number of rotatable bonds is 6. The van der Waals surface area contributed by atoms with E-state index in [-0.39, 0.29) is 5.41 Å². The van der Waals surface area contributed by atoms with Gasteiger partial charge in [-0.05, 0) is 101 Å². The standard InChI is InChI=1S/C37H46N4O3S/c1-22-9-12-28-29(19-22)45-35(39-28)41-16-13-25-20-26(10-11-27(25)21-41)30-23(2)38-24(3)31(33(34(42)43)44-36(4,5)6)32(30)40-17-14-37(7,8)15-18-40/h9-12,19-20,33H,13-18,21H2,1-8H3,(H,42,43)/t33-/m0/s1. The highest BCUT2D eigenvalue weighted by atomic mass is 32.1. The number of thiazole rings is 1.